The highest BCUT2D eigenvalue weighted by Gasteiger charge is 2.39. The summed E-state index contributed by atoms with van der Waals surface area (Å²) in [4.78, 5) is 9.23. The first kappa shape index (κ1) is 11.3. The third-order valence-corrected chi connectivity index (χ3v) is 4.35. The number of hydrogen-bond donors (Lipinski definition) is 0. The molecule has 3 rings (SSSR count). The van der Waals surface area contributed by atoms with Crippen LogP contribution in [0.5, 0.6) is 5.75 Å². The molecule has 0 radical (unpaired) electrons. The molecule has 7 heteroatoms. The third kappa shape index (κ3) is 1.53. The minimum Gasteiger partial charge on any atom is -0.361 e. The number of halogens is 1. The SMILES string of the molecule is O=S1(=O)c2cccc(Cl)c2ON1c1cccnc1. The summed E-state index contributed by atoms with van der Waals surface area (Å²) in [5.41, 5.74) is 0.324. The van der Waals surface area contributed by atoms with Gasteiger partial charge in [0.05, 0.1) is 11.2 Å². The molecule has 92 valence electrons. The topological polar surface area (TPSA) is 59.5 Å². The molecule has 0 amide bonds. The van der Waals surface area contributed by atoms with E-state index in [1.165, 1.54) is 12.3 Å². The molecular formula is C11H7ClN2O3S. The maximum Gasteiger partial charge on any atom is 0.299 e. The lowest BCUT2D eigenvalue weighted by atomic mass is 10.3. The van der Waals surface area contributed by atoms with Crippen LogP contribution in [0.1, 0.15) is 0 Å². The Morgan fingerprint density at radius 2 is 2.06 bits per heavy atom. The second-order valence-corrected chi connectivity index (χ2v) is 5.73. The smallest absolute Gasteiger partial charge is 0.299 e. The molecule has 18 heavy (non-hydrogen) atoms. The lowest BCUT2D eigenvalue weighted by Crippen LogP contribution is -2.28. The number of para-hydroxylation sites is 1. The zero-order valence-electron chi connectivity index (χ0n) is 8.95. The van der Waals surface area contributed by atoms with Crippen LogP contribution in [0.25, 0.3) is 0 Å². The van der Waals surface area contributed by atoms with Gasteiger partial charge in [0, 0.05) is 6.20 Å². The van der Waals surface area contributed by atoms with E-state index in [0.29, 0.717) is 5.69 Å². The quantitative estimate of drug-likeness (QED) is 0.805. The van der Waals surface area contributed by atoms with E-state index in [9.17, 15) is 8.42 Å². The lowest BCUT2D eigenvalue weighted by Gasteiger charge is -2.14. The van der Waals surface area contributed by atoms with Gasteiger partial charge in [-0.15, -0.1) is 0 Å². The molecule has 0 N–H and O–H groups in total. The highest BCUT2D eigenvalue weighted by molar-refractivity contribution is 7.93. The van der Waals surface area contributed by atoms with Crippen molar-refractivity contribution in [3.63, 3.8) is 0 Å². The number of pyridine rings is 1. The number of fused-ring (bicyclic) bond motifs is 1. The van der Waals surface area contributed by atoms with Gasteiger partial charge in [0.25, 0.3) is 10.0 Å². The molecule has 2 heterocycles. The predicted octanol–water partition coefficient (Wildman–Crippen LogP) is 2.24. The second-order valence-electron chi connectivity index (χ2n) is 3.60. The summed E-state index contributed by atoms with van der Waals surface area (Å²) in [5, 5.41) is 0.252. The summed E-state index contributed by atoms with van der Waals surface area (Å²) >= 11 is 5.92. The average molecular weight is 283 g/mol. The monoisotopic (exact) mass is 282 g/mol. The van der Waals surface area contributed by atoms with Gasteiger partial charge in [-0.25, -0.2) is 0 Å². The molecule has 0 atom stereocenters. The highest BCUT2D eigenvalue weighted by Crippen LogP contribution is 2.41. The summed E-state index contributed by atoms with van der Waals surface area (Å²) in [5.74, 6) is 0.142. The Labute approximate surface area is 109 Å². The van der Waals surface area contributed by atoms with Crippen molar-refractivity contribution in [1.82, 2.24) is 4.98 Å². The fraction of sp³-hybridized carbons (Fsp3) is 0. The van der Waals surface area contributed by atoms with Crippen molar-refractivity contribution in [2.75, 3.05) is 4.47 Å². The Hall–Kier alpha value is -1.79. The van der Waals surface area contributed by atoms with Crippen LogP contribution in [0.3, 0.4) is 0 Å². The van der Waals surface area contributed by atoms with Gasteiger partial charge in [-0.2, -0.15) is 8.42 Å². The first-order chi connectivity index (χ1) is 8.60. The summed E-state index contributed by atoms with van der Waals surface area (Å²) in [6.07, 6.45) is 2.95. The first-order valence-electron chi connectivity index (χ1n) is 5.02. The molecule has 0 bridgehead atoms. The molecule has 1 aliphatic rings. The van der Waals surface area contributed by atoms with E-state index < -0.39 is 10.0 Å². The molecule has 1 aromatic carbocycles. The third-order valence-electron chi connectivity index (χ3n) is 2.46. The Balaban J connectivity index is 2.17. The minimum atomic E-state index is -3.74. The van der Waals surface area contributed by atoms with Gasteiger partial charge in [0.1, 0.15) is 10.6 Å². The van der Waals surface area contributed by atoms with Crippen LogP contribution < -0.4 is 9.31 Å². The van der Waals surface area contributed by atoms with E-state index >= 15 is 0 Å². The number of sulfonamides is 1. The second kappa shape index (κ2) is 3.86. The van der Waals surface area contributed by atoms with Gasteiger partial charge in [-0.05, 0) is 24.3 Å². The van der Waals surface area contributed by atoms with Crippen LogP contribution in [0.2, 0.25) is 5.02 Å². The summed E-state index contributed by atoms with van der Waals surface area (Å²) in [7, 11) is -3.74. The van der Waals surface area contributed by atoms with Crippen LogP contribution in [-0.4, -0.2) is 13.4 Å². The predicted molar refractivity (Wildman–Crippen MR) is 66.0 cm³/mol. The van der Waals surface area contributed by atoms with Crippen molar-refractivity contribution in [2.24, 2.45) is 0 Å². The molecule has 0 fully saturated rings. The number of rotatable bonds is 1. The van der Waals surface area contributed by atoms with Gasteiger partial charge in [-0.3, -0.25) is 4.98 Å². The van der Waals surface area contributed by atoms with Crippen LogP contribution in [0.15, 0.2) is 47.6 Å². The van der Waals surface area contributed by atoms with Crippen molar-refractivity contribution in [3.8, 4) is 5.75 Å². The molecule has 5 nitrogen and oxygen atoms in total. The highest BCUT2D eigenvalue weighted by atomic mass is 35.5. The lowest BCUT2D eigenvalue weighted by molar-refractivity contribution is 0.350. The maximum atomic E-state index is 12.3. The van der Waals surface area contributed by atoms with Gasteiger partial charge in [0.2, 0.25) is 0 Å². The molecular weight excluding hydrogens is 276 g/mol. The van der Waals surface area contributed by atoms with Crippen molar-refractivity contribution in [2.45, 2.75) is 4.90 Å². The first-order valence-corrected chi connectivity index (χ1v) is 6.84. The zero-order valence-corrected chi connectivity index (χ0v) is 10.5. The van der Waals surface area contributed by atoms with Crippen molar-refractivity contribution in [1.29, 1.82) is 0 Å². The van der Waals surface area contributed by atoms with E-state index in [1.54, 1.807) is 30.5 Å². The number of anilines is 1. The van der Waals surface area contributed by atoms with Crippen molar-refractivity contribution in [3.05, 3.63) is 47.7 Å². The van der Waals surface area contributed by atoms with Crippen LogP contribution in [0, 0.1) is 0 Å². The summed E-state index contributed by atoms with van der Waals surface area (Å²) < 4.78 is 25.3. The molecule has 1 aromatic heterocycles. The van der Waals surface area contributed by atoms with Gasteiger partial charge >= 0.3 is 0 Å². The van der Waals surface area contributed by atoms with Crippen LogP contribution in [0.4, 0.5) is 5.69 Å². The minimum absolute atomic E-state index is 0.0545. The molecule has 0 unspecified atom stereocenters. The number of hydrogen-bond acceptors (Lipinski definition) is 4. The summed E-state index contributed by atoms with van der Waals surface area (Å²) in [6.45, 7) is 0. The maximum absolute atomic E-state index is 12.3. The zero-order chi connectivity index (χ0) is 12.8. The molecule has 0 saturated carbocycles. The number of benzene rings is 1. The van der Waals surface area contributed by atoms with Gasteiger partial charge in [0.15, 0.2) is 5.75 Å². The van der Waals surface area contributed by atoms with E-state index in [1.807, 2.05) is 0 Å². The number of nitrogens with zero attached hydrogens (tertiary/aromatic N) is 2. The van der Waals surface area contributed by atoms with E-state index in [2.05, 4.69) is 4.98 Å². The number of aromatic nitrogens is 1. The van der Waals surface area contributed by atoms with Crippen LogP contribution in [-0.2, 0) is 10.0 Å². The Bertz CT molecular complexity index is 703. The molecule has 0 spiro atoms. The van der Waals surface area contributed by atoms with E-state index in [-0.39, 0.29) is 15.7 Å². The van der Waals surface area contributed by atoms with E-state index in [0.717, 1.165) is 4.47 Å². The Morgan fingerprint density at radius 3 is 2.72 bits per heavy atom. The Morgan fingerprint density at radius 1 is 1.22 bits per heavy atom. The fourth-order valence-corrected chi connectivity index (χ4v) is 3.29. The Kier molecular flexibility index (Phi) is 2.42. The normalized spacial score (nSPS) is 16.2. The fourth-order valence-electron chi connectivity index (χ4n) is 1.66. The largest absolute Gasteiger partial charge is 0.361 e. The summed E-state index contributed by atoms with van der Waals surface area (Å²) in [6, 6.07) is 7.80. The molecule has 0 saturated heterocycles. The standard InChI is InChI=1S/C11H7ClN2O3S/c12-9-4-1-5-10-11(9)17-14(18(10,15)16)8-3-2-6-13-7-8/h1-7H. The molecule has 2 aromatic rings. The van der Waals surface area contributed by atoms with Crippen LogP contribution >= 0.6 is 11.6 Å². The van der Waals surface area contributed by atoms with Gasteiger partial charge in [-0.1, -0.05) is 22.1 Å². The van der Waals surface area contributed by atoms with E-state index in [4.69, 9.17) is 16.4 Å². The van der Waals surface area contributed by atoms with Gasteiger partial charge < -0.3 is 4.84 Å². The average Bonchev–Trinajstić information content (AvgIpc) is 2.64. The van der Waals surface area contributed by atoms with Crippen molar-refractivity contribution < 1.29 is 13.3 Å². The van der Waals surface area contributed by atoms with Crippen molar-refractivity contribution >= 4 is 27.3 Å². The molecule has 1 aliphatic heterocycles. The molecule has 0 aliphatic carbocycles.